The lowest BCUT2D eigenvalue weighted by Crippen LogP contribution is -2.39. The van der Waals surface area contributed by atoms with Gasteiger partial charge in [-0.05, 0) is 48.9 Å². The van der Waals surface area contributed by atoms with Gasteiger partial charge in [-0.2, -0.15) is 5.10 Å². The average molecular weight is 471 g/mol. The molecule has 0 aliphatic carbocycles. The van der Waals surface area contributed by atoms with Gasteiger partial charge in [0.2, 0.25) is 0 Å². The number of likely N-dealkylation sites (tertiary alicyclic amines) is 1. The zero-order valence-corrected chi connectivity index (χ0v) is 20.5. The van der Waals surface area contributed by atoms with Crippen molar-refractivity contribution in [2.45, 2.75) is 45.4 Å². The summed E-state index contributed by atoms with van der Waals surface area (Å²) < 4.78 is 16.5. The topological polar surface area (TPSA) is 50.5 Å². The third kappa shape index (κ3) is 4.83. The standard InChI is InChI=1S/C29H31FN4O/c1-29(2,3)26-19-27-31-24(18-25(34(27)32-26)22-11-7-8-12-23(22)30)28(35)33-15-13-21(14-16-33)17-20-9-5-4-6-10-20/h4-12,18-19,21H,13-17H2,1-3H3. The van der Waals surface area contributed by atoms with E-state index in [4.69, 9.17) is 5.10 Å². The summed E-state index contributed by atoms with van der Waals surface area (Å²) in [4.78, 5) is 20.1. The zero-order valence-electron chi connectivity index (χ0n) is 20.5. The average Bonchev–Trinajstić information content (AvgIpc) is 3.30. The van der Waals surface area contributed by atoms with Crippen molar-refractivity contribution in [2.75, 3.05) is 13.1 Å². The monoisotopic (exact) mass is 470 g/mol. The van der Waals surface area contributed by atoms with Gasteiger partial charge >= 0.3 is 0 Å². The Balaban J connectivity index is 1.44. The Morgan fingerprint density at radius 2 is 1.69 bits per heavy atom. The van der Waals surface area contributed by atoms with Gasteiger partial charge in [0.1, 0.15) is 11.5 Å². The molecular formula is C29H31FN4O. The number of halogens is 1. The van der Waals surface area contributed by atoms with Gasteiger partial charge in [-0.3, -0.25) is 4.79 Å². The molecule has 0 bridgehead atoms. The van der Waals surface area contributed by atoms with E-state index in [1.54, 1.807) is 28.8 Å². The second-order valence-electron chi connectivity index (χ2n) is 10.5. The van der Waals surface area contributed by atoms with Crippen molar-refractivity contribution in [1.29, 1.82) is 0 Å². The molecule has 1 aliphatic rings. The number of nitrogens with zero attached hydrogens (tertiary/aromatic N) is 4. The maximum absolute atomic E-state index is 14.8. The molecule has 6 heteroatoms. The molecule has 5 rings (SSSR count). The Morgan fingerprint density at radius 1 is 1.00 bits per heavy atom. The van der Waals surface area contributed by atoms with Gasteiger partial charge in [0.25, 0.3) is 5.91 Å². The molecular weight excluding hydrogens is 439 g/mol. The molecule has 35 heavy (non-hydrogen) atoms. The van der Waals surface area contributed by atoms with E-state index in [9.17, 15) is 9.18 Å². The molecule has 0 spiro atoms. The maximum atomic E-state index is 14.8. The summed E-state index contributed by atoms with van der Waals surface area (Å²) in [6, 6.07) is 20.7. The van der Waals surface area contributed by atoms with E-state index in [1.165, 1.54) is 11.6 Å². The van der Waals surface area contributed by atoms with Crippen LogP contribution in [0.1, 0.15) is 55.4 Å². The molecule has 1 saturated heterocycles. The van der Waals surface area contributed by atoms with E-state index < -0.39 is 0 Å². The molecule has 2 aromatic carbocycles. The number of fused-ring (bicyclic) bond motifs is 1. The van der Waals surface area contributed by atoms with Crippen LogP contribution in [0, 0.1) is 11.7 Å². The zero-order chi connectivity index (χ0) is 24.6. The van der Waals surface area contributed by atoms with Crippen LogP contribution in [0.25, 0.3) is 16.9 Å². The minimum Gasteiger partial charge on any atom is -0.337 e. The third-order valence-electron chi connectivity index (χ3n) is 6.83. The minimum absolute atomic E-state index is 0.109. The fourth-order valence-corrected chi connectivity index (χ4v) is 4.76. The van der Waals surface area contributed by atoms with Crippen LogP contribution in [0.4, 0.5) is 4.39 Å². The van der Waals surface area contributed by atoms with E-state index in [1.807, 2.05) is 17.0 Å². The summed E-state index contributed by atoms with van der Waals surface area (Å²) in [7, 11) is 0. The Bertz CT molecular complexity index is 1350. The number of carbonyl (C=O) groups is 1. The summed E-state index contributed by atoms with van der Waals surface area (Å²) in [5.41, 5.74) is 3.80. The molecule has 0 N–H and O–H groups in total. The quantitative estimate of drug-likeness (QED) is 0.372. The van der Waals surface area contributed by atoms with Crippen molar-refractivity contribution >= 4 is 11.6 Å². The second kappa shape index (κ2) is 9.25. The van der Waals surface area contributed by atoms with Crippen molar-refractivity contribution in [3.63, 3.8) is 0 Å². The fraction of sp³-hybridized carbons (Fsp3) is 0.345. The van der Waals surface area contributed by atoms with Crippen LogP contribution in [0.5, 0.6) is 0 Å². The molecule has 180 valence electrons. The van der Waals surface area contributed by atoms with Crippen LogP contribution >= 0.6 is 0 Å². The number of hydrogen-bond acceptors (Lipinski definition) is 3. The number of hydrogen-bond donors (Lipinski definition) is 0. The molecule has 2 aromatic heterocycles. The number of amides is 1. The number of benzene rings is 2. The summed E-state index contributed by atoms with van der Waals surface area (Å²) in [6.45, 7) is 7.62. The first-order valence-corrected chi connectivity index (χ1v) is 12.3. The van der Waals surface area contributed by atoms with Crippen LogP contribution < -0.4 is 0 Å². The summed E-state index contributed by atoms with van der Waals surface area (Å²) in [6.07, 6.45) is 2.96. The number of piperidine rings is 1. The predicted octanol–water partition coefficient (Wildman–Crippen LogP) is 5.93. The number of rotatable bonds is 4. The normalized spacial score (nSPS) is 15.0. The lowest BCUT2D eigenvalue weighted by molar-refractivity contribution is 0.0685. The van der Waals surface area contributed by atoms with Gasteiger partial charge in [0, 0.05) is 30.1 Å². The van der Waals surface area contributed by atoms with Crippen molar-refractivity contribution in [1.82, 2.24) is 19.5 Å². The first-order chi connectivity index (χ1) is 16.8. The highest BCUT2D eigenvalue weighted by Gasteiger charge is 2.27. The van der Waals surface area contributed by atoms with Gasteiger partial charge in [0.15, 0.2) is 5.65 Å². The summed E-state index contributed by atoms with van der Waals surface area (Å²) >= 11 is 0. The first-order valence-electron chi connectivity index (χ1n) is 12.3. The van der Waals surface area contributed by atoms with Gasteiger partial charge in [-0.15, -0.1) is 0 Å². The molecule has 1 fully saturated rings. The molecule has 3 heterocycles. The van der Waals surface area contributed by atoms with Crippen LogP contribution in [-0.2, 0) is 11.8 Å². The van der Waals surface area contributed by atoms with Crippen molar-refractivity contribution in [2.24, 2.45) is 5.92 Å². The van der Waals surface area contributed by atoms with Crippen molar-refractivity contribution in [3.8, 4) is 11.3 Å². The van der Waals surface area contributed by atoms with Crippen LogP contribution in [0.15, 0.2) is 66.7 Å². The van der Waals surface area contributed by atoms with E-state index in [-0.39, 0.29) is 17.1 Å². The van der Waals surface area contributed by atoms with E-state index in [0.717, 1.165) is 25.0 Å². The predicted molar refractivity (Wildman–Crippen MR) is 136 cm³/mol. The Kier molecular flexibility index (Phi) is 6.13. The number of aromatic nitrogens is 3. The van der Waals surface area contributed by atoms with Crippen molar-refractivity contribution < 1.29 is 9.18 Å². The first kappa shape index (κ1) is 23.2. The Morgan fingerprint density at radius 3 is 2.37 bits per heavy atom. The van der Waals surface area contributed by atoms with Gasteiger partial charge in [-0.25, -0.2) is 13.9 Å². The molecule has 5 nitrogen and oxygen atoms in total. The van der Waals surface area contributed by atoms with E-state index in [0.29, 0.717) is 41.6 Å². The number of carbonyl (C=O) groups excluding carboxylic acids is 1. The Hall–Kier alpha value is -3.54. The Labute approximate surface area is 205 Å². The third-order valence-corrected chi connectivity index (χ3v) is 6.83. The minimum atomic E-state index is -0.354. The lowest BCUT2D eigenvalue weighted by Gasteiger charge is -2.32. The van der Waals surface area contributed by atoms with Crippen LogP contribution in [0.2, 0.25) is 0 Å². The molecule has 1 amide bonds. The van der Waals surface area contributed by atoms with Crippen LogP contribution in [-0.4, -0.2) is 38.5 Å². The maximum Gasteiger partial charge on any atom is 0.272 e. The smallest absolute Gasteiger partial charge is 0.272 e. The molecule has 4 aromatic rings. The van der Waals surface area contributed by atoms with Gasteiger partial charge in [-0.1, -0.05) is 63.2 Å². The summed E-state index contributed by atoms with van der Waals surface area (Å²) in [5, 5.41) is 4.73. The largest absolute Gasteiger partial charge is 0.337 e. The van der Waals surface area contributed by atoms with Gasteiger partial charge < -0.3 is 4.90 Å². The SMILES string of the molecule is CC(C)(C)c1cc2nc(C(=O)N3CCC(Cc4ccccc4)CC3)cc(-c3ccccc3F)n2n1. The molecule has 0 radical (unpaired) electrons. The molecule has 0 unspecified atom stereocenters. The molecule has 1 aliphatic heterocycles. The van der Waals surface area contributed by atoms with Gasteiger partial charge in [0.05, 0.1) is 11.4 Å². The van der Waals surface area contributed by atoms with Crippen molar-refractivity contribution in [3.05, 3.63) is 89.5 Å². The van der Waals surface area contributed by atoms with E-state index >= 15 is 0 Å². The highest BCUT2D eigenvalue weighted by Crippen LogP contribution is 2.29. The highest BCUT2D eigenvalue weighted by atomic mass is 19.1. The summed E-state index contributed by atoms with van der Waals surface area (Å²) in [5.74, 6) is 0.102. The van der Waals surface area contributed by atoms with E-state index in [2.05, 4.69) is 50.0 Å². The molecule has 0 atom stereocenters. The second-order valence-corrected chi connectivity index (χ2v) is 10.5. The molecule has 0 saturated carbocycles. The fourth-order valence-electron chi connectivity index (χ4n) is 4.76. The van der Waals surface area contributed by atoms with Crippen LogP contribution in [0.3, 0.4) is 0 Å². The lowest BCUT2D eigenvalue weighted by atomic mass is 9.90. The highest BCUT2D eigenvalue weighted by molar-refractivity contribution is 5.94.